The van der Waals surface area contributed by atoms with Gasteiger partial charge in [-0.25, -0.2) is 4.79 Å². The number of ether oxygens (including phenoxy) is 1. The van der Waals surface area contributed by atoms with Gasteiger partial charge in [0.2, 0.25) is 0 Å². The van der Waals surface area contributed by atoms with Gasteiger partial charge < -0.3 is 4.74 Å². The van der Waals surface area contributed by atoms with Crippen LogP contribution in [0.25, 0.3) is 0 Å². The standard InChI is InChI=1S/C8H8O2.C6H16Si/c1-10-8(9)7-5-3-2-4-6-7;1-4-7(5-2)6-3/h2-6H,1H3;7H,4-6H2,1-3H3. The molecule has 0 N–H and O–H groups in total. The Kier molecular flexibility index (Phi) is 9.44. The molecule has 0 unspecified atom stereocenters. The molecule has 0 aliphatic carbocycles. The van der Waals surface area contributed by atoms with Gasteiger partial charge in [0.05, 0.1) is 12.7 Å². The molecule has 0 amide bonds. The molecule has 1 aromatic rings. The molecule has 0 heterocycles. The number of hydrogen-bond acceptors (Lipinski definition) is 2. The highest BCUT2D eigenvalue weighted by Gasteiger charge is 2.00. The topological polar surface area (TPSA) is 26.3 Å². The molecule has 17 heavy (non-hydrogen) atoms. The van der Waals surface area contributed by atoms with E-state index < -0.39 is 0 Å². The van der Waals surface area contributed by atoms with E-state index in [4.69, 9.17) is 0 Å². The third-order valence-corrected chi connectivity index (χ3v) is 6.39. The van der Waals surface area contributed by atoms with Crippen molar-refractivity contribution in [3.63, 3.8) is 0 Å². The summed E-state index contributed by atoms with van der Waals surface area (Å²) < 4.78 is 4.50. The normalized spacial score (nSPS) is 9.47. The summed E-state index contributed by atoms with van der Waals surface area (Å²) in [6, 6.07) is 13.4. The van der Waals surface area contributed by atoms with Crippen molar-refractivity contribution in [3.05, 3.63) is 35.9 Å². The molecule has 0 saturated heterocycles. The van der Waals surface area contributed by atoms with Crippen LogP contribution in [0.15, 0.2) is 30.3 Å². The molecule has 0 aromatic heterocycles. The summed E-state index contributed by atoms with van der Waals surface area (Å²) in [5.41, 5.74) is 0.588. The van der Waals surface area contributed by atoms with Crippen LogP contribution in [0.1, 0.15) is 31.1 Å². The Balaban J connectivity index is 0.000000325. The summed E-state index contributed by atoms with van der Waals surface area (Å²) in [5.74, 6) is -0.291. The number of benzene rings is 1. The zero-order valence-electron chi connectivity index (χ0n) is 11.4. The molecule has 96 valence electrons. The van der Waals surface area contributed by atoms with Crippen LogP contribution in [0.2, 0.25) is 18.1 Å². The molecule has 0 atom stereocenters. The molecular weight excluding hydrogens is 228 g/mol. The molecule has 0 saturated carbocycles. The molecular formula is C14H24O2Si. The molecule has 0 spiro atoms. The molecule has 2 nitrogen and oxygen atoms in total. The molecule has 0 radical (unpaired) electrons. The van der Waals surface area contributed by atoms with Gasteiger partial charge in [0, 0.05) is 8.80 Å². The van der Waals surface area contributed by atoms with Crippen molar-refractivity contribution in [3.8, 4) is 0 Å². The Labute approximate surface area is 107 Å². The summed E-state index contributed by atoms with van der Waals surface area (Å²) in [5, 5.41) is 0. The molecule has 0 fully saturated rings. The number of esters is 1. The highest BCUT2D eigenvalue weighted by Crippen LogP contribution is 2.01. The number of rotatable bonds is 4. The fourth-order valence-corrected chi connectivity index (χ4v) is 3.29. The van der Waals surface area contributed by atoms with Gasteiger partial charge >= 0.3 is 5.97 Å². The Morgan fingerprint density at radius 2 is 1.53 bits per heavy atom. The second kappa shape index (κ2) is 10.1. The maximum atomic E-state index is 10.8. The quantitative estimate of drug-likeness (QED) is 0.602. The van der Waals surface area contributed by atoms with Gasteiger partial charge in [-0.05, 0) is 12.1 Å². The van der Waals surface area contributed by atoms with Gasteiger partial charge in [-0.1, -0.05) is 57.1 Å². The Morgan fingerprint density at radius 3 is 1.82 bits per heavy atom. The maximum absolute atomic E-state index is 10.8. The van der Waals surface area contributed by atoms with Crippen LogP contribution in [0.3, 0.4) is 0 Å². The summed E-state index contributed by atoms with van der Waals surface area (Å²) in [6.07, 6.45) is 0. The number of hydrogen-bond donors (Lipinski definition) is 0. The first-order valence-electron chi connectivity index (χ1n) is 6.32. The van der Waals surface area contributed by atoms with Crippen LogP contribution in [-0.4, -0.2) is 21.9 Å². The van der Waals surface area contributed by atoms with E-state index in [0.717, 1.165) is 0 Å². The molecule has 0 aliphatic rings. The van der Waals surface area contributed by atoms with Crippen molar-refractivity contribution in [2.24, 2.45) is 0 Å². The lowest BCUT2D eigenvalue weighted by atomic mass is 10.2. The van der Waals surface area contributed by atoms with Crippen molar-refractivity contribution >= 4 is 14.8 Å². The molecule has 0 bridgehead atoms. The Bertz CT molecular complexity index is 289. The van der Waals surface area contributed by atoms with Crippen LogP contribution in [0.5, 0.6) is 0 Å². The predicted molar refractivity (Wildman–Crippen MR) is 76.4 cm³/mol. The van der Waals surface area contributed by atoms with Gasteiger partial charge in [0.1, 0.15) is 0 Å². The SMILES string of the molecule is CC[SiH](CC)CC.COC(=O)c1ccccc1. The van der Waals surface area contributed by atoms with Crippen LogP contribution in [0.4, 0.5) is 0 Å². The van der Waals surface area contributed by atoms with Crippen molar-refractivity contribution in [2.75, 3.05) is 7.11 Å². The fraction of sp³-hybridized carbons (Fsp3) is 0.500. The molecule has 1 rings (SSSR count). The lowest BCUT2D eigenvalue weighted by molar-refractivity contribution is 0.0601. The van der Waals surface area contributed by atoms with Crippen molar-refractivity contribution < 1.29 is 9.53 Å². The smallest absolute Gasteiger partial charge is 0.337 e. The predicted octanol–water partition coefficient (Wildman–Crippen LogP) is 3.75. The summed E-state index contributed by atoms with van der Waals surface area (Å²) in [6.45, 7) is 6.97. The van der Waals surface area contributed by atoms with E-state index >= 15 is 0 Å². The van der Waals surface area contributed by atoms with Crippen molar-refractivity contribution in [2.45, 2.75) is 38.9 Å². The van der Waals surface area contributed by atoms with Gasteiger partial charge in [-0.3, -0.25) is 0 Å². The van der Waals surface area contributed by atoms with Crippen molar-refractivity contribution in [1.29, 1.82) is 0 Å². The maximum Gasteiger partial charge on any atom is 0.337 e. The minimum absolute atomic E-state index is 0.171. The first kappa shape index (κ1) is 15.9. The monoisotopic (exact) mass is 252 g/mol. The summed E-state index contributed by atoms with van der Waals surface area (Å²) in [4.78, 5) is 10.8. The minimum atomic E-state index is -0.291. The summed E-state index contributed by atoms with van der Waals surface area (Å²) in [7, 11) is 1.20. The highest BCUT2D eigenvalue weighted by atomic mass is 28.3. The fourth-order valence-electron chi connectivity index (χ4n) is 1.56. The van der Waals surface area contributed by atoms with Gasteiger partial charge in [0.25, 0.3) is 0 Å². The third kappa shape index (κ3) is 6.95. The van der Waals surface area contributed by atoms with E-state index in [-0.39, 0.29) is 14.8 Å². The lowest BCUT2D eigenvalue weighted by Crippen LogP contribution is -2.04. The van der Waals surface area contributed by atoms with E-state index in [1.54, 1.807) is 24.3 Å². The Hall–Kier alpha value is -1.09. The molecule has 3 heteroatoms. The van der Waals surface area contributed by atoms with E-state index in [2.05, 4.69) is 25.5 Å². The molecule has 0 aliphatic heterocycles. The lowest BCUT2D eigenvalue weighted by Gasteiger charge is -2.03. The van der Waals surface area contributed by atoms with Crippen molar-refractivity contribution in [1.82, 2.24) is 0 Å². The average molecular weight is 252 g/mol. The van der Waals surface area contributed by atoms with E-state index in [1.165, 1.54) is 25.2 Å². The zero-order valence-corrected chi connectivity index (χ0v) is 12.6. The number of carbonyl (C=O) groups excluding carboxylic acids is 1. The third-order valence-electron chi connectivity index (χ3n) is 2.93. The van der Waals surface area contributed by atoms with E-state index in [1.807, 2.05) is 6.07 Å². The van der Waals surface area contributed by atoms with Gasteiger partial charge in [-0.15, -0.1) is 0 Å². The zero-order chi connectivity index (χ0) is 13.1. The second-order valence-electron chi connectivity index (χ2n) is 3.95. The van der Waals surface area contributed by atoms with E-state index in [0.29, 0.717) is 5.56 Å². The first-order chi connectivity index (χ1) is 8.19. The second-order valence-corrected chi connectivity index (χ2v) is 8.13. The molecule has 1 aromatic carbocycles. The first-order valence-corrected chi connectivity index (χ1v) is 8.77. The highest BCUT2D eigenvalue weighted by molar-refractivity contribution is 6.58. The van der Waals surface area contributed by atoms with E-state index in [9.17, 15) is 4.79 Å². The van der Waals surface area contributed by atoms with Crippen LogP contribution >= 0.6 is 0 Å². The largest absolute Gasteiger partial charge is 0.465 e. The number of methoxy groups -OCH3 is 1. The summed E-state index contributed by atoms with van der Waals surface area (Å²) >= 11 is 0. The van der Waals surface area contributed by atoms with Gasteiger partial charge in [0.15, 0.2) is 0 Å². The van der Waals surface area contributed by atoms with Crippen LogP contribution < -0.4 is 0 Å². The minimum Gasteiger partial charge on any atom is -0.465 e. The Morgan fingerprint density at radius 1 is 1.06 bits per heavy atom. The van der Waals surface area contributed by atoms with Crippen LogP contribution in [0, 0.1) is 0 Å². The van der Waals surface area contributed by atoms with Crippen LogP contribution in [-0.2, 0) is 4.74 Å². The van der Waals surface area contributed by atoms with Gasteiger partial charge in [-0.2, -0.15) is 0 Å². The number of carbonyl (C=O) groups is 1. The average Bonchev–Trinajstić information content (AvgIpc) is 2.41.